The molecule has 0 saturated heterocycles. The fourth-order valence-corrected chi connectivity index (χ4v) is 4.67. The molecule has 0 radical (unpaired) electrons. The van der Waals surface area contributed by atoms with Crippen LogP contribution in [-0.4, -0.2) is 19.3 Å². The summed E-state index contributed by atoms with van der Waals surface area (Å²) in [5.74, 6) is -0.338. The number of sulfonamides is 1. The molecule has 3 rings (SSSR count). The van der Waals surface area contributed by atoms with Crippen LogP contribution >= 0.6 is 22.9 Å². The van der Waals surface area contributed by atoms with E-state index >= 15 is 0 Å². The van der Waals surface area contributed by atoms with Crippen molar-refractivity contribution in [1.29, 1.82) is 0 Å². The van der Waals surface area contributed by atoms with Crippen molar-refractivity contribution < 1.29 is 13.2 Å². The monoisotopic (exact) mass is 435 g/mol. The molecule has 146 valence electrons. The Labute approximate surface area is 172 Å². The Morgan fingerprint density at radius 2 is 1.71 bits per heavy atom. The summed E-state index contributed by atoms with van der Waals surface area (Å²) in [6, 6.07) is 11.4. The molecule has 0 fully saturated rings. The van der Waals surface area contributed by atoms with Crippen molar-refractivity contribution in [1.82, 2.24) is 4.98 Å². The van der Waals surface area contributed by atoms with Crippen molar-refractivity contribution in [2.75, 3.05) is 10.0 Å². The SMILES string of the molecule is Cc1ccc(NC(=O)c2sc(NS(=O)(=O)c3ccc(Cl)cc3)nc2C)cc1C. The smallest absolute Gasteiger partial charge is 0.267 e. The lowest BCUT2D eigenvalue weighted by atomic mass is 10.1. The minimum absolute atomic E-state index is 0.0610. The summed E-state index contributed by atoms with van der Waals surface area (Å²) in [7, 11) is -3.82. The number of amides is 1. The highest BCUT2D eigenvalue weighted by molar-refractivity contribution is 7.93. The van der Waals surface area contributed by atoms with Gasteiger partial charge in [0, 0.05) is 10.7 Å². The largest absolute Gasteiger partial charge is 0.321 e. The maximum Gasteiger partial charge on any atom is 0.267 e. The van der Waals surface area contributed by atoms with Gasteiger partial charge in [0.25, 0.3) is 15.9 Å². The van der Waals surface area contributed by atoms with Crippen LogP contribution in [0.15, 0.2) is 47.4 Å². The summed E-state index contributed by atoms with van der Waals surface area (Å²) in [4.78, 5) is 17.2. The Hall–Kier alpha value is -2.42. The number of nitrogens with zero attached hydrogens (tertiary/aromatic N) is 1. The average molecular weight is 436 g/mol. The number of rotatable bonds is 5. The van der Waals surface area contributed by atoms with E-state index in [0.29, 0.717) is 21.3 Å². The van der Waals surface area contributed by atoms with Crippen LogP contribution in [-0.2, 0) is 10.0 Å². The number of anilines is 2. The Morgan fingerprint density at radius 1 is 1.04 bits per heavy atom. The van der Waals surface area contributed by atoms with Gasteiger partial charge in [0.1, 0.15) is 4.88 Å². The van der Waals surface area contributed by atoms with Gasteiger partial charge in [0.15, 0.2) is 5.13 Å². The molecular formula is C19H18ClN3O3S2. The lowest BCUT2D eigenvalue weighted by molar-refractivity contribution is 0.103. The lowest BCUT2D eigenvalue weighted by Gasteiger charge is -2.07. The van der Waals surface area contributed by atoms with E-state index in [1.165, 1.54) is 24.3 Å². The number of nitrogens with one attached hydrogen (secondary N) is 2. The minimum Gasteiger partial charge on any atom is -0.321 e. The number of halogens is 1. The van der Waals surface area contributed by atoms with Crippen LogP contribution in [0.1, 0.15) is 26.5 Å². The second-order valence-corrected chi connectivity index (χ2v) is 9.36. The first kappa shape index (κ1) is 20.3. The molecule has 0 saturated carbocycles. The molecular weight excluding hydrogens is 418 g/mol. The Balaban J connectivity index is 1.79. The average Bonchev–Trinajstić information content (AvgIpc) is 2.98. The van der Waals surface area contributed by atoms with Crippen LogP contribution in [0.25, 0.3) is 0 Å². The van der Waals surface area contributed by atoms with Gasteiger partial charge in [-0.05, 0) is 68.3 Å². The number of hydrogen-bond acceptors (Lipinski definition) is 5. The fraction of sp³-hybridized carbons (Fsp3) is 0.158. The number of carbonyl (C=O) groups is 1. The number of aromatic nitrogens is 1. The molecule has 0 unspecified atom stereocenters. The highest BCUT2D eigenvalue weighted by Gasteiger charge is 2.20. The van der Waals surface area contributed by atoms with Crippen molar-refractivity contribution in [3.8, 4) is 0 Å². The minimum atomic E-state index is -3.82. The van der Waals surface area contributed by atoms with Crippen LogP contribution in [0.4, 0.5) is 10.8 Å². The van der Waals surface area contributed by atoms with Crippen LogP contribution in [0.2, 0.25) is 5.02 Å². The molecule has 2 N–H and O–H groups in total. The molecule has 1 heterocycles. The van der Waals surface area contributed by atoms with E-state index in [1.54, 1.807) is 6.92 Å². The predicted molar refractivity (Wildman–Crippen MR) is 113 cm³/mol. The first-order chi connectivity index (χ1) is 13.2. The maximum atomic E-state index is 12.6. The van der Waals surface area contributed by atoms with Gasteiger partial charge in [0.05, 0.1) is 10.6 Å². The summed E-state index contributed by atoms with van der Waals surface area (Å²) < 4.78 is 27.4. The number of thiazole rings is 1. The Morgan fingerprint density at radius 3 is 2.36 bits per heavy atom. The number of carbonyl (C=O) groups excluding carboxylic acids is 1. The van der Waals surface area contributed by atoms with Crippen molar-refractivity contribution >= 4 is 49.7 Å². The zero-order valence-corrected chi connectivity index (χ0v) is 17.8. The maximum absolute atomic E-state index is 12.6. The molecule has 2 aromatic carbocycles. The number of hydrogen-bond donors (Lipinski definition) is 2. The van der Waals surface area contributed by atoms with Gasteiger partial charge in [-0.3, -0.25) is 9.52 Å². The Kier molecular flexibility index (Phi) is 5.74. The highest BCUT2D eigenvalue weighted by Crippen LogP contribution is 2.26. The molecule has 1 aromatic heterocycles. The predicted octanol–water partition coefficient (Wildman–Crippen LogP) is 4.77. The molecule has 6 nitrogen and oxygen atoms in total. The normalized spacial score (nSPS) is 11.3. The molecule has 0 aliphatic carbocycles. The summed E-state index contributed by atoms with van der Waals surface area (Å²) in [6.45, 7) is 5.62. The second kappa shape index (κ2) is 7.90. The quantitative estimate of drug-likeness (QED) is 0.603. The van der Waals surface area contributed by atoms with Gasteiger partial charge < -0.3 is 5.32 Å². The van der Waals surface area contributed by atoms with E-state index in [4.69, 9.17) is 11.6 Å². The standard InChI is InChI=1S/C19H18ClN3O3S2/c1-11-4-7-15(10-12(11)2)22-18(24)17-13(3)21-19(27-17)23-28(25,26)16-8-5-14(20)6-9-16/h4-10H,1-3H3,(H,21,23)(H,22,24). The molecule has 1 amide bonds. The van der Waals surface area contributed by atoms with E-state index in [-0.39, 0.29) is 15.9 Å². The lowest BCUT2D eigenvalue weighted by Crippen LogP contribution is -2.12. The molecule has 28 heavy (non-hydrogen) atoms. The van der Waals surface area contributed by atoms with Gasteiger partial charge >= 0.3 is 0 Å². The fourth-order valence-electron chi connectivity index (χ4n) is 2.45. The van der Waals surface area contributed by atoms with Gasteiger partial charge in [-0.2, -0.15) is 0 Å². The van der Waals surface area contributed by atoms with E-state index < -0.39 is 10.0 Å². The summed E-state index contributed by atoms with van der Waals surface area (Å²) in [5.41, 5.74) is 3.31. The summed E-state index contributed by atoms with van der Waals surface area (Å²) in [6.07, 6.45) is 0. The third kappa shape index (κ3) is 4.52. The zero-order valence-electron chi connectivity index (χ0n) is 15.4. The topological polar surface area (TPSA) is 88.2 Å². The van der Waals surface area contributed by atoms with Crippen molar-refractivity contribution in [2.45, 2.75) is 25.7 Å². The molecule has 0 spiro atoms. The highest BCUT2D eigenvalue weighted by atomic mass is 35.5. The second-order valence-electron chi connectivity index (χ2n) is 6.25. The van der Waals surface area contributed by atoms with Crippen LogP contribution < -0.4 is 10.0 Å². The van der Waals surface area contributed by atoms with Crippen LogP contribution in [0.3, 0.4) is 0 Å². The molecule has 0 aliphatic heterocycles. The van der Waals surface area contributed by atoms with E-state index in [0.717, 1.165) is 22.5 Å². The molecule has 3 aromatic rings. The number of benzene rings is 2. The first-order valence-electron chi connectivity index (χ1n) is 8.30. The molecule has 0 bridgehead atoms. The van der Waals surface area contributed by atoms with Crippen molar-refractivity contribution in [2.24, 2.45) is 0 Å². The van der Waals surface area contributed by atoms with Crippen molar-refractivity contribution in [3.05, 3.63) is 69.2 Å². The van der Waals surface area contributed by atoms with Crippen LogP contribution in [0, 0.1) is 20.8 Å². The van der Waals surface area contributed by atoms with Crippen LogP contribution in [0.5, 0.6) is 0 Å². The van der Waals surface area contributed by atoms with Crippen molar-refractivity contribution in [3.63, 3.8) is 0 Å². The molecule has 0 atom stereocenters. The van der Waals surface area contributed by atoms with Gasteiger partial charge in [0.2, 0.25) is 0 Å². The molecule has 0 aliphatic rings. The first-order valence-corrected chi connectivity index (χ1v) is 11.0. The van der Waals surface area contributed by atoms with Gasteiger partial charge in [-0.15, -0.1) is 0 Å². The third-order valence-corrected chi connectivity index (χ3v) is 6.92. The number of aryl methyl sites for hydroxylation is 3. The summed E-state index contributed by atoms with van der Waals surface area (Å²) >= 11 is 6.78. The van der Waals surface area contributed by atoms with Gasteiger partial charge in [-0.1, -0.05) is 29.0 Å². The Bertz CT molecular complexity index is 1140. The zero-order chi connectivity index (χ0) is 20.5. The van der Waals surface area contributed by atoms with Gasteiger partial charge in [-0.25, -0.2) is 13.4 Å². The summed E-state index contributed by atoms with van der Waals surface area (Å²) in [5, 5.41) is 3.38. The van der Waals surface area contributed by atoms with E-state index in [2.05, 4.69) is 15.0 Å². The molecule has 9 heteroatoms. The third-order valence-electron chi connectivity index (χ3n) is 4.11. The van der Waals surface area contributed by atoms with E-state index in [1.807, 2.05) is 32.0 Å². The van der Waals surface area contributed by atoms with E-state index in [9.17, 15) is 13.2 Å².